The predicted molar refractivity (Wildman–Crippen MR) is 104 cm³/mol. The van der Waals surface area contributed by atoms with Gasteiger partial charge in [0, 0.05) is 21.0 Å². The lowest BCUT2D eigenvalue weighted by molar-refractivity contribution is 0.0814. The highest BCUT2D eigenvalue weighted by atomic mass is 127. The Morgan fingerprint density at radius 3 is 2.39 bits per heavy atom. The largest absolute Gasteiger partial charge is 0.508 e. The SMILES string of the molecule is O=C1c2c(O)cc(O)cc2OC(CI)C1c1ccc(CI)cc1. The third-order valence-electron chi connectivity index (χ3n) is 3.89. The number of ketones is 1. The maximum Gasteiger partial charge on any atom is 0.181 e. The molecule has 3 rings (SSSR count). The summed E-state index contributed by atoms with van der Waals surface area (Å²) in [7, 11) is 0. The van der Waals surface area contributed by atoms with E-state index in [1.807, 2.05) is 24.3 Å². The van der Waals surface area contributed by atoms with Gasteiger partial charge in [0.1, 0.15) is 28.9 Å². The van der Waals surface area contributed by atoms with Gasteiger partial charge in [-0.1, -0.05) is 69.4 Å². The molecule has 2 unspecified atom stereocenters. The summed E-state index contributed by atoms with van der Waals surface area (Å²) in [4.78, 5) is 12.9. The molecule has 0 saturated carbocycles. The number of hydrogen-bond donors (Lipinski definition) is 2. The summed E-state index contributed by atoms with van der Waals surface area (Å²) in [6.45, 7) is 0. The summed E-state index contributed by atoms with van der Waals surface area (Å²) in [5.41, 5.74) is 2.22. The van der Waals surface area contributed by atoms with Crippen LogP contribution in [0.3, 0.4) is 0 Å². The number of benzene rings is 2. The summed E-state index contributed by atoms with van der Waals surface area (Å²) < 4.78 is 7.42. The Morgan fingerprint density at radius 1 is 1.09 bits per heavy atom. The fourth-order valence-electron chi connectivity index (χ4n) is 2.78. The van der Waals surface area contributed by atoms with E-state index >= 15 is 0 Å². The lowest BCUT2D eigenvalue weighted by atomic mass is 9.83. The highest BCUT2D eigenvalue weighted by Gasteiger charge is 2.39. The molecule has 0 aliphatic carbocycles. The number of rotatable bonds is 3. The molecule has 1 aliphatic rings. The zero-order chi connectivity index (χ0) is 16.6. The number of ether oxygens (including phenoxy) is 1. The average Bonchev–Trinajstić information content (AvgIpc) is 2.54. The normalized spacial score (nSPS) is 20.0. The molecule has 0 saturated heterocycles. The number of fused-ring (bicyclic) bond motifs is 1. The van der Waals surface area contributed by atoms with Gasteiger partial charge in [0.25, 0.3) is 0 Å². The van der Waals surface area contributed by atoms with Crippen LogP contribution < -0.4 is 4.74 Å². The fourth-order valence-corrected chi connectivity index (χ4v) is 3.98. The van der Waals surface area contributed by atoms with Crippen molar-refractivity contribution in [3.05, 3.63) is 53.1 Å². The minimum Gasteiger partial charge on any atom is -0.508 e. The highest BCUT2D eigenvalue weighted by molar-refractivity contribution is 14.1. The first-order valence-electron chi connectivity index (χ1n) is 7.02. The Balaban J connectivity index is 2.07. The maximum atomic E-state index is 12.9. The minimum absolute atomic E-state index is 0.119. The van der Waals surface area contributed by atoms with Gasteiger partial charge in [-0.25, -0.2) is 0 Å². The number of phenols is 2. The Labute approximate surface area is 161 Å². The smallest absolute Gasteiger partial charge is 0.181 e. The van der Waals surface area contributed by atoms with Crippen molar-refractivity contribution < 1.29 is 19.7 Å². The summed E-state index contributed by atoms with van der Waals surface area (Å²) in [6, 6.07) is 10.4. The van der Waals surface area contributed by atoms with E-state index in [0.717, 1.165) is 9.99 Å². The van der Waals surface area contributed by atoms with Gasteiger partial charge in [-0.15, -0.1) is 0 Å². The van der Waals surface area contributed by atoms with Crippen molar-refractivity contribution in [3.8, 4) is 17.2 Å². The van der Waals surface area contributed by atoms with Crippen LogP contribution in [0.15, 0.2) is 36.4 Å². The summed E-state index contributed by atoms with van der Waals surface area (Å²) in [5, 5.41) is 19.7. The molecule has 1 aliphatic heterocycles. The van der Waals surface area contributed by atoms with E-state index < -0.39 is 5.92 Å². The number of halogens is 2. The minimum atomic E-state index is -0.460. The summed E-state index contributed by atoms with van der Waals surface area (Å²) >= 11 is 4.48. The number of Topliss-reactive ketones (excluding diaryl/α,β-unsaturated/α-hetero) is 1. The maximum absolute atomic E-state index is 12.9. The molecule has 0 amide bonds. The molecule has 0 radical (unpaired) electrons. The molecule has 120 valence electrons. The molecule has 0 fully saturated rings. The first-order chi connectivity index (χ1) is 11.0. The van der Waals surface area contributed by atoms with Gasteiger partial charge >= 0.3 is 0 Å². The Kier molecular flexibility index (Phi) is 5.00. The lowest BCUT2D eigenvalue weighted by Crippen LogP contribution is -2.37. The van der Waals surface area contributed by atoms with Crippen molar-refractivity contribution in [1.29, 1.82) is 0 Å². The van der Waals surface area contributed by atoms with Crippen LogP contribution in [-0.4, -0.2) is 26.5 Å². The predicted octanol–water partition coefficient (Wildman–Crippen LogP) is 4.20. The van der Waals surface area contributed by atoms with Gasteiger partial charge in [-0.2, -0.15) is 0 Å². The van der Waals surface area contributed by atoms with Gasteiger partial charge in [0.05, 0.1) is 5.92 Å². The quantitative estimate of drug-likeness (QED) is 0.457. The first-order valence-corrected chi connectivity index (χ1v) is 10.1. The molecule has 0 spiro atoms. The number of carbonyl (C=O) groups is 1. The second kappa shape index (κ2) is 6.84. The zero-order valence-electron chi connectivity index (χ0n) is 12.0. The van der Waals surface area contributed by atoms with Crippen molar-refractivity contribution in [3.63, 3.8) is 0 Å². The Bertz CT molecular complexity index is 743. The lowest BCUT2D eigenvalue weighted by Gasteiger charge is -2.32. The van der Waals surface area contributed by atoms with Gasteiger partial charge in [0.15, 0.2) is 5.78 Å². The number of hydrogen-bond acceptors (Lipinski definition) is 4. The second-order valence-corrected chi connectivity index (χ2v) is 7.01. The van der Waals surface area contributed by atoms with E-state index in [1.54, 1.807) is 0 Å². The van der Waals surface area contributed by atoms with Crippen molar-refractivity contribution >= 4 is 51.0 Å². The zero-order valence-corrected chi connectivity index (χ0v) is 16.3. The van der Waals surface area contributed by atoms with E-state index in [9.17, 15) is 15.0 Å². The average molecular weight is 536 g/mol. The molecule has 4 nitrogen and oxygen atoms in total. The molecule has 2 aromatic carbocycles. The van der Waals surface area contributed by atoms with Crippen LogP contribution in [0.1, 0.15) is 27.4 Å². The van der Waals surface area contributed by atoms with E-state index in [-0.39, 0.29) is 34.7 Å². The van der Waals surface area contributed by atoms with Gasteiger partial charge < -0.3 is 14.9 Å². The van der Waals surface area contributed by atoms with E-state index in [0.29, 0.717) is 4.43 Å². The van der Waals surface area contributed by atoms with Crippen molar-refractivity contribution in [1.82, 2.24) is 0 Å². The topological polar surface area (TPSA) is 66.8 Å². The summed E-state index contributed by atoms with van der Waals surface area (Å²) in [6.07, 6.45) is -0.331. The second-order valence-electron chi connectivity index (χ2n) is 5.37. The van der Waals surface area contributed by atoms with Crippen LogP contribution in [0.4, 0.5) is 0 Å². The molecule has 2 aromatic rings. The van der Waals surface area contributed by atoms with Crippen molar-refractivity contribution in [2.75, 3.05) is 4.43 Å². The molecular weight excluding hydrogens is 522 g/mol. The number of phenolic OH excluding ortho intramolecular Hbond substituents is 2. The van der Waals surface area contributed by atoms with Crippen LogP contribution in [-0.2, 0) is 4.43 Å². The highest BCUT2D eigenvalue weighted by Crippen LogP contribution is 2.43. The van der Waals surface area contributed by atoms with Crippen LogP contribution >= 0.6 is 45.2 Å². The molecule has 0 aromatic heterocycles. The third-order valence-corrected chi connectivity index (χ3v) is 5.64. The number of alkyl halides is 2. The van der Waals surface area contributed by atoms with Crippen molar-refractivity contribution in [2.24, 2.45) is 0 Å². The van der Waals surface area contributed by atoms with Gasteiger partial charge in [0.2, 0.25) is 0 Å². The Morgan fingerprint density at radius 2 is 1.78 bits per heavy atom. The van der Waals surface area contributed by atoms with Crippen LogP contribution in [0.5, 0.6) is 17.2 Å². The van der Waals surface area contributed by atoms with Crippen LogP contribution in [0, 0.1) is 0 Å². The molecule has 23 heavy (non-hydrogen) atoms. The molecular formula is C17H14I2O4. The van der Waals surface area contributed by atoms with Gasteiger partial charge in [-0.3, -0.25) is 4.79 Å². The van der Waals surface area contributed by atoms with Crippen molar-refractivity contribution in [2.45, 2.75) is 16.4 Å². The van der Waals surface area contributed by atoms with E-state index in [1.165, 1.54) is 17.7 Å². The molecule has 0 bridgehead atoms. The van der Waals surface area contributed by atoms with Crippen LogP contribution in [0.2, 0.25) is 0 Å². The standard InChI is InChI=1S/C17H14I2O4/c18-7-9-1-3-10(4-2-9)15-14(8-19)23-13-6-11(20)5-12(21)16(13)17(15)22/h1-6,14-15,20-21H,7-8H2. The summed E-state index contributed by atoms with van der Waals surface area (Å²) in [5.74, 6) is -0.753. The molecule has 2 N–H and O–H groups in total. The first kappa shape index (κ1) is 16.8. The Hall–Kier alpha value is -1.03. The fraction of sp³-hybridized carbons (Fsp3) is 0.235. The number of carbonyl (C=O) groups excluding carboxylic acids is 1. The number of aromatic hydroxyl groups is 2. The molecule has 1 heterocycles. The monoisotopic (exact) mass is 536 g/mol. The van der Waals surface area contributed by atoms with Crippen LogP contribution in [0.25, 0.3) is 0 Å². The van der Waals surface area contributed by atoms with E-state index in [4.69, 9.17) is 4.74 Å². The third kappa shape index (κ3) is 3.15. The molecule has 6 heteroatoms. The van der Waals surface area contributed by atoms with E-state index in [2.05, 4.69) is 45.2 Å². The van der Waals surface area contributed by atoms with Gasteiger partial charge in [-0.05, 0) is 11.1 Å². The molecule has 2 atom stereocenters.